The van der Waals surface area contributed by atoms with Gasteiger partial charge in [-0.25, -0.2) is 9.59 Å². The fraction of sp³-hybridized carbons (Fsp3) is 0.0500. The van der Waals surface area contributed by atoms with E-state index in [1.807, 2.05) is 72.8 Å². The Labute approximate surface area is 256 Å². The quantitative estimate of drug-likeness (QED) is 0.127. The van der Waals surface area contributed by atoms with E-state index in [1.165, 1.54) is 0 Å². The molecule has 44 heavy (non-hydrogen) atoms. The van der Waals surface area contributed by atoms with Gasteiger partial charge in [0.05, 0.1) is 11.1 Å². The Bertz CT molecular complexity index is 1850. The van der Waals surface area contributed by atoms with Crippen LogP contribution in [0.25, 0.3) is 32.7 Å². The van der Waals surface area contributed by atoms with Gasteiger partial charge in [-0.15, -0.1) is 0 Å². The number of hydrogen-bond donors (Lipinski definition) is 0. The molecule has 6 aromatic rings. The third-order valence-electron chi connectivity index (χ3n) is 7.70. The molecule has 0 aliphatic carbocycles. The van der Waals surface area contributed by atoms with E-state index in [0.717, 1.165) is 43.8 Å². The van der Waals surface area contributed by atoms with E-state index >= 15 is 0 Å². The van der Waals surface area contributed by atoms with Crippen LogP contribution in [0.2, 0.25) is 0 Å². The Morgan fingerprint density at radius 3 is 1.23 bits per heavy atom. The van der Waals surface area contributed by atoms with Gasteiger partial charge in [0.1, 0.15) is 12.2 Å². The van der Waals surface area contributed by atoms with Gasteiger partial charge >= 0.3 is 11.9 Å². The van der Waals surface area contributed by atoms with Crippen molar-refractivity contribution in [2.24, 2.45) is 0 Å². The summed E-state index contributed by atoms with van der Waals surface area (Å²) in [5.74, 6) is -0.901. The van der Waals surface area contributed by atoms with Gasteiger partial charge < -0.3 is 9.47 Å². The van der Waals surface area contributed by atoms with Crippen LogP contribution in [-0.4, -0.2) is 11.9 Å². The van der Waals surface area contributed by atoms with Crippen molar-refractivity contribution in [3.8, 4) is 11.1 Å². The van der Waals surface area contributed by atoms with Gasteiger partial charge in [-0.05, 0) is 69.1 Å². The Kier molecular flexibility index (Phi) is 8.15. The summed E-state index contributed by atoms with van der Waals surface area (Å²) < 4.78 is 12.2. The lowest BCUT2D eigenvalue weighted by Crippen LogP contribution is -2.13. The van der Waals surface area contributed by atoms with Crippen molar-refractivity contribution in [2.75, 3.05) is 0 Å². The Hall–Kier alpha value is -5.74. The van der Waals surface area contributed by atoms with Crippen LogP contribution in [0.1, 0.15) is 44.1 Å². The van der Waals surface area contributed by atoms with Crippen molar-refractivity contribution in [1.29, 1.82) is 0 Å². The van der Waals surface area contributed by atoms with Gasteiger partial charge in [0, 0.05) is 11.1 Å². The van der Waals surface area contributed by atoms with Crippen LogP contribution in [0, 0.1) is 0 Å². The second kappa shape index (κ2) is 12.6. The summed E-state index contributed by atoms with van der Waals surface area (Å²) in [6.07, 6.45) is 1.76. The molecule has 6 aromatic carbocycles. The predicted octanol–water partition coefficient (Wildman–Crippen LogP) is 9.83. The first-order valence-electron chi connectivity index (χ1n) is 14.4. The Morgan fingerprint density at radius 2 is 0.841 bits per heavy atom. The minimum absolute atomic E-state index is 0.450. The van der Waals surface area contributed by atoms with Gasteiger partial charge in [0.2, 0.25) is 0 Å². The number of rotatable bonds is 9. The molecule has 4 heteroatoms. The SMILES string of the molecule is C=C[C@H](OC(=O)c1ccccc1)c1ccc2ccccc2c1-c1c([C@@H](C=C)OC(=O)c2ccccc2)ccc2ccccc12. The fourth-order valence-corrected chi connectivity index (χ4v) is 5.60. The van der Waals surface area contributed by atoms with E-state index < -0.39 is 24.1 Å². The van der Waals surface area contributed by atoms with Crippen LogP contribution in [0.4, 0.5) is 0 Å². The van der Waals surface area contributed by atoms with Crippen molar-refractivity contribution in [2.45, 2.75) is 12.2 Å². The molecule has 0 saturated carbocycles. The lowest BCUT2D eigenvalue weighted by molar-refractivity contribution is 0.0381. The van der Waals surface area contributed by atoms with Gasteiger partial charge in [-0.1, -0.05) is 122 Å². The number of carbonyl (C=O) groups is 2. The smallest absolute Gasteiger partial charge is 0.339 e. The third kappa shape index (κ3) is 5.53. The van der Waals surface area contributed by atoms with Gasteiger partial charge in [-0.3, -0.25) is 0 Å². The first-order valence-corrected chi connectivity index (χ1v) is 14.4. The number of hydrogen-bond acceptors (Lipinski definition) is 4. The fourth-order valence-electron chi connectivity index (χ4n) is 5.60. The summed E-state index contributed by atoms with van der Waals surface area (Å²) in [4.78, 5) is 26.5. The molecule has 0 saturated heterocycles. The van der Waals surface area contributed by atoms with Crippen molar-refractivity contribution in [3.63, 3.8) is 0 Å². The van der Waals surface area contributed by atoms with E-state index in [-0.39, 0.29) is 0 Å². The van der Waals surface area contributed by atoms with E-state index in [0.29, 0.717) is 11.1 Å². The van der Waals surface area contributed by atoms with E-state index in [1.54, 1.807) is 60.7 Å². The average Bonchev–Trinajstić information content (AvgIpc) is 3.09. The molecule has 0 heterocycles. The molecule has 0 aliphatic heterocycles. The maximum atomic E-state index is 13.2. The average molecular weight is 575 g/mol. The first kappa shape index (κ1) is 28.4. The highest BCUT2D eigenvalue weighted by Gasteiger charge is 2.26. The van der Waals surface area contributed by atoms with Crippen molar-refractivity contribution >= 4 is 33.5 Å². The third-order valence-corrected chi connectivity index (χ3v) is 7.70. The Balaban J connectivity index is 1.57. The van der Waals surface area contributed by atoms with Crippen molar-refractivity contribution in [3.05, 3.63) is 181 Å². The summed E-state index contributed by atoms with van der Waals surface area (Å²) >= 11 is 0. The van der Waals surface area contributed by atoms with Crippen molar-refractivity contribution < 1.29 is 19.1 Å². The number of benzene rings is 6. The molecule has 0 unspecified atom stereocenters. The molecular formula is C40H30O4. The number of carbonyl (C=O) groups excluding carboxylic acids is 2. The highest BCUT2D eigenvalue weighted by molar-refractivity contribution is 6.08. The molecule has 0 radical (unpaired) electrons. The summed E-state index contributed by atoms with van der Waals surface area (Å²) in [7, 11) is 0. The molecule has 0 N–H and O–H groups in total. The monoisotopic (exact) mass is 574 g/mol. The molecule has 0 spiro atoms. The van der Waals surface area contributed by atoms with E-state index in [4.69, 9.17) is 9.47 Å². The second-order valence-electron chi connectivity index (χ2n) is 10.4. The number of fused-ring (bicyclic) bond motifs is 2. The van der Waals surface area contributed by atoms with E-state index in [9.17, 15) is 9.59 Å². The molecule has 4 nitrogen and oxygen atoms in total. The molecule has 214 valence electrons. The highest BCUT2D eigenvalue weighted by Crippen LogP contribution is 2.44. The highest BCUT2D eigenvalue weighted by atomic mass is 16.5. The molecule has 0 aromatic heterocycles. The summed E-state index contributed by atoms with van der Waals surface area (Å²) in [5.41, 5.74) is 4.15. The normalized spacial score (nSPS) is 12.3. The maximum absolute atomic E-state index is 13.2. The zero-order chi connectivity index (χ0) is 30.5. The molecule has 0 fully saturated rings. The molecule has 6 rings (SSSR count). The molecule has 2 atom stereocenters. The lowest BCUT2D eigenvalue weighted by atomic mass is 9.84. The second-order valence-corrected chi connectivity index (χ2v) is 10.4. The summed E-state index contributed by atoms with van der Waals surface area (Å²) in [6.45, 7) is 8.09. The van der Waals surface area contributed by atoms with E-state index in [2.05, 4.69) is 25.3 Å². The Morgan fingerprint density at radius 1 is 0.477 bits per heavy atom. The van der Waals surface area contributed by atoms with Crippen LogP contribution in [0.5, 0.6) is 0 Å². The van der Waals surface area contributed by atoms with Crippen LogP contribution in [-0.2, 0) is 9.47 Å². The van der Waals surface area contributed by atoms with Gasteiger partial charge in [0.25, 0.3) is 0 Å². The van der Waals surface area contributed by atoms with Crippen LogP contribution < -0.4 is 0 Å². The summed E-state index contributed by atoms with van der Waals surface area (Å²) in [5, 5.41) is 3.95. The van der Waals surface area contributed by atoms with Crippen molar-refractivity contribution in [1.82, 2.24) is 0 Å². The largest absolute Gasteiger partial charge is 0.450 e. The lowest BCUT2D eigenvalue weighted by Gasteiger charge is -2.25. The summed E-state index contributed by atoms with van der Waals surface area (Å²) in [6, 6.07) is 42.0. The van der Waals surface area contributed by atoms with Crippen LogP contribution in [0.15, 0.2) is 159 Å². The zero-order valence-electron chi connectivity index (χ0n) is 24.1. The van der Waals surface area contributed by atoms with Crippen LogP contribution in [0.3, 0.4) is 0 Å². The molecule has 0 aliphatic rings. The number of ether oxygens (including phenoxy) is 2. The van der Waals surface area contributed by atoms with Gasteiger partial charge in [-0.2, -0.15) is 0 Å². The minimum Gasteiger partial charge on any atom is -0.450 e. The first-order chi connectivity index (χ1) is 21.6. The molecule has 0 bridgehead atoms. The standard InChI is InChI=1S/C40H30O4/c1-3-35(43-39(41)29-17-7-5-8-18-29)33-25-23-27-15-11-13-21-31(27)37(33)38-32-22-14-12-16-28(32)24-26-34(38)36(4-2)44-40(42)30-19-9-6-10-20-30/h3-26,35-36H,1-2H2/t35-,36+. The van der Waals surface area contributed by atoms with Crippen LogP contribution >= 0.6 is 0 Å². The topological polar surface area (TPSA) is 52.6 Å². The number of esters is 2. The molecule has 0 amide bonds. The predicted molar refractivity (Wildman–Crippen MR) is 176 cm³/mol. The zero-order valence-corrected chi connectivity index (χ0v) is 24.1. The maximum Gasteiger partial charge on any atom is 0.339 e. The van der Waals surface area contributed by atoms with Gasteiger partial charge in [0.15, 0.2) is 0 Å². The molecular weight excluding hydrogens is 544 g/mol. The minimum atomic E-state index is -0.761.